The number of aliphatic hydroxyl groups is 1. The second-order valence-electron chi connectivity index (χ2n) is 13.7. The maximum absolute atomic E-state index is 10.8. The topological polar surface area (TPSA) is 23.5 Å². The van der Waals surface area contributed by atoms with Crippen molar-refractivity contribution in [3.8, 4) is 0 Å². The molecule has 0 spiro atoms. The fourth-order valence-electron chi connectivity index (χ4n) is 9.56. The van der Waals surface area contributed by atoms with E-state index in [1.807, 2.05) is 11.1 Å². The average Bonchev–Trinajstić information content (AvgIpc) is 2.96. The molecule has 2 saturated carbocycles. The molecule has 0 radical (unpaired) electrons. The summed E-state index contributed by atoms with van der Waals surface area (Å²) in [6.45, 7) is 16.4. The molecular formula is C29H51NO. The summed E-state index contributed by atoms with van der Waals surface area (Å²) in [6, 6.07) is 0. The summed E-state index contributed by atoms with van der Waals surface area (Å²) in [5, 5.41) is 10.8. The Balaban J connectivity index is 1.63. The molecule has 178 valence electrons. The van der Waals surface area contributed by atoms with Gasteiger partial charge in [0.15, 0.2) is 0 Å². The van der Waals surface area contributed by atoms with Crippen LogP contribution < -0.4 is 0 Å². The zero-order chi connectivity index (χ0) is 22.8. The second kappa shape index (κ2) is 7.86. The first kappa shape index (κ1) is 23.8. The minimum absolute atomic E-state index is 0.0480. The number of fused-ring (bicyclic) bond motifs is 4. The van der Waals surface area contributed by atoms with Gasteiger partial charge in [0.25, 0.3) is 0 Å². The van der Waals surface area contributed by atoms with Crippen molar-refractivity contribution in [3.63, 3.8) is 0 Å². The van der Waals surface area contributed by atoms with Crippen molar-refractivity contribution < 1.29 is 5.11 Å². The van der Waals surface area contributed by atoms with Crippen molar-refractivity contribution in [3.05, 3.63) is 11.1 Å². The van der Waals surface area contributed by atoms with Crippen molar-refractivity contribution in [1.82, 2.24) is 4.90 Å². The normalized spacial score (nSPS) is 45.3. The molecule has 2 fully saturated rings. The number of aliphatic hydroxyl groups excluding tert-OH is 1. The van der Waals surface area contributed by atoms with Gasteiger partial charge in [0, 0.05) is 0 Å². The second-order valence-corrected chi connectivity index (χ2v) is 13.7. The molecule has 0 unspecified atom stereocenters. The van der Waals surface area contributed by atoms with Crippen molar-refractivity contribution in [2.24, 2.45) is 39.4 Å². The highest BCUT2D eigenvalue weighted by Crippen LogP contribution is 2.72. The summed E-state index contributed by atoms with van der Waals surface area (Å²) in [5.41, 5.74) is 4.97. The van der Waals surface area contributed by atoms with Crippen LogP contribution in [-0.2, 0) is 0 Å². The maximum atomic E-state index is 10.8. The fraction of sp³-hybridized carbons (Fsp3) is 0.931. The highest BCUT2D eigenvalue weighted by Gasteiger charge is 2.63. The molecule has 4 rings (SSSR count). The van der Waals surface area contributed by atoms with E-state index >= 15 is 0 Å². The molecule has 2 heteroatoms. The first-order valence-electron chi connectivity index (χ1n) is 13.4. The lowest BCUT2D eigenvalue weighted by Gasteiger charge is -2.62. The van der Waals surface area contributed by atoms with Gasteiger partial charge in [0.05, 0.1) is 6.10 Å². The first-order valence-corrected chi connectivity index (χ1v) is 13.4. The lowest BCUT2D eigenvalue weighted by atomic mass is 9.43. The van der Waals surface area contributed by atoms with Gasteiger partial charge in [-0.25, -0.2) is 0 Å². The molecule has 0 aliphatic heterocycles. The van der Waals surface area contributed by atoms with Gasteiger partial charge in [-0.15, -0.1) is 0 Å². The van der Waals surface area contributed by atoms with E-state index in [0.29, 0.717) is 22.2 Å². The Bertz CT molecular complexity index is 722. The van der Waals surface area contributed by atoms with E-state index in [1.54, 1.807) is 0 Å². The van der Waals surface area contributed by atoms with E-state index < -0.39 is 0 Å². The minimum atomic E-state index is -0.129. The molecule has 31 heavy (non-hydrogen) atoms. The van der Waals surface area contributed by atoms with E-state index in [4.69, 9.17) is 0 Å². The molecule has 1 N–H and O–H groups in total. The van der Waals surface area contributed by atoms with Crippen LogP contribution in [0.1, 0.15) is 106 Å². The van der Waals surface area contributed by atoms with Crippen LogP contribution in [-0.4, -0.2) is 36.8 Å². The largest absolute Gasteiger partial charge is 0.393 e. The highest BCUT2D eigenvalue weighted by atomic mass is 16.3. The monoisotopic (exact) mass is 429 g/mol. The molecule has 4 aliphatic carbocycles. The lowest BCUT2D eigenvalue weighted by molar-refractivity contribution is -0.0962. The summed E-state index contributed by atoms with van der Waals surface area (Å²) in [6.07, 6.45) is 12.9. The first-order chi connectivity index (χ1) is 14.4. The fourth-order valence-corrected chi connectivity index (χ4v) is 9.56. The molecule has 0 saturated heterocycles. The molecule has 0 aromatic heterocycles. The molecule has 0 bridgehead atoms. The van der Waals surface area contributed by atoms with Crippen LogP contribution in [0.2, 0.25) is 0 Å². The van der Waals surface area contributed by atoms with Crippen LogP contribution in [0.4, 0.5) is 0 Å². The van der Waals surface area contributed by atoms with Crippen LogP contribution in [0, 0.1) is 39.4 Å². The van der Waals surface area contributed by atoms with Gasteiger partial charge in [0.1, 0.15) is 0 Å². The smallest absolute Gasteiger partial charge is 0.0594 e. The van der Waals surface area contributed by atoms with Crippen molar-refractivity contribution in [2.45, 2.75) is 112 Å². The Morgan fingerprint density at radius 3 is 2.32 bits per heavy atom. The predicted molar refractivity (Wildman–Crippen MR) is 132 cm³/mol. The van der Waals surface area contributed by atoms with Gasteiger partial charge in [-0.3, -0.25) is 0 Å². The van der Waals surface area contributed by atoms with E-state index in [0.717, 1.165) is 18.3 Å². The SMILES string of the molecule is C[C@H](CCCN(C)C)[C@H]1CC[C@@]2(C)C3=C(CC[C@]12C)[C@@]1(C)CC[C@H](O)C(C)(C)[C@@H]1CC3. The molecule has 0 aromatic carbocycles. The number of rotatable bonds is 5. The third-order valence-corrected chi connectivity index (χ3v) is 11.7. The molecule has 0 heterocycles. The summed E-state index contributed by atoms with van der Waals surface area (Å²) in [4.78, 5) is 2.34. The summed E-state index contributed by atoms with van der Waals surface area (Å²) in [7, 11) is 4.41. The quantitative estimate of drug-likeness (QED) is 0.472. The van der Waals surface area contributed by atoms with Crippen molar-refractivity contribution in [2.75, 3.05) is 20.6 Å². The van der Waals surface area contributed by atoms with Crippen molar-refractivity contribution >= 4 is 0 Å². The van der Waals surface area contributed by atoms with Crippen molar-refractivity contribution in [1.29, 1.82) is 0 Å². The van der Waals surface area contributed by atoms with Crippen LogP contribution >= 0.6 is 0 Å². The predicted octanol–water partition coefficient (Wildman–Crippen LogP) is 7.07. The molecule has 4 aliphatic rings. The summed E-state index contributed by atoms with van der Waals surface area (Å²) in [5.74, 6) is 2.35. The number of allylic oxidation sites excluding steroid dienone is 2. The van der Waals surface area contributed by atoms with E-state index in [2.05, 4.69) is 60.5 Å². The summed E-state index contributed by atoms with van der Waals surface area (Å²) < 4.78 is 0. The molecular weight excluding hydrogens is 378 g/mol. The molecule has 2 nitrogen and oxygen atoms in total. The maximum Gasteiger partial charge on any atom is 0.0594 e. The third-order valence-electron chi connectivity index (χ3n) is 11.7. The molecule has 7 atom stereocenters. The number of hydrogen-bond donors (Lipinski definition) is 1. The lowest BCUT2D eigenvalue weighted by Crippen LogP contribution is -2.55. The van der Waals surface area contributed by atoms with Gasteiger partial charge >= 0.3 is 0 Å². The van der Waals surface area contributed by atoms with Crippen LogP contribution in [0.3, 0.4) is 0 Å². The van der Waals surface area contributed by atoms with Crippen LogP contribution in [0.5, 0.6) is 0 Å². The zero-order valence-electron chi connectivity index (χ0n) is 22.0. The van der Waals surface area contributed by atoms with Gasteiger partial charge in [-0.2, -0.15) is 0 Å². The van der Waals surface area contributed by atoms with Crippen LogP contribution in [0.15, 0.2) is 11.1 Å². The molecule has 0 aromatic rings. The van der Waals surface area contributed by atoms with Gasteiger partial charge in [-0.1, -0.05) is 52.7 Å². The van der Waals surface area contributed by atoms with E-state index in [9.17, 15) is 5.11 Å². The summed E-state index contributed by atoms with van der Waals surface area (Å²) >= 11 is 0. The zero-order valence-corrected chi connectivity index (χ0v) is 22.0. The Hall–Kier alpha value is -0.340. The van der Waals surface area contributed by atoms with Gasteiger partial charge in [0.2, 0.25) is 0 Å². The number of hydrogen-bond acceptors (Lipinski definition) is 2. The minimum Gasteiger partial charge on any atom is -0.393 e. The third kappa shape index (κ3) is 3.40. The Labute approximate surface area is 193 Å². The highest BCUT2D eigenvalue weighted by molar-refractivity contribution is 5.38. The Kier molecular flexibility index (Phi) is 6.04. The Morgan fingerprint density at radius 2 is 1.65 bits per heavy atom. The standard InChI is InChI=1S/C29H51NO/c1-20(10-9-19-30(7)8)21-13-17-29(6)23-11-12-24-26(2,3)25(31)15-16-27(24,4)22(23)14-18-28(21,29)5/h20-21,24-25,31H,9-19H2,1-8H3/t20-,21-,24+,25+,27-,28-,29+/m1/s1. The van der Waals surface area contributed by atoms with E-state index in [1.165, 1.54) is 64.3 Å². The van der Waals surface area contributed by atoms with Gasteiger partial charge in [-0.05, 0) is 124 Å². The average molecular weight is 430 g/mol. The van der Waals surface area contributed by atoms with Crippen LogP contribution in [0.25, 0.3) is 0 Å². The number of nitrogens with zero attached hydrogens (tertiary/aromatic N) is 1. The van der Waals surface area contributed by atoms with Gasteiger partial charge < -0.3 is 10.0 Å². The van der Waals surface area contributed by atoms with E-state index in [-0.39, 0.29) is 11.5 Å². The Morgan fingerprint density at radius 1 is 0.935 bits per heavy atom. The molecule has 0 amide bonds.